The zero-order chi connectivity index (χ0) is 13.8. The van der Waals surface area contributed by atoms with Crippen LogP contribution < -0.4 is 5.32 Å². The first-order chi connectivity index (χ1) is 9.09. The number of nitrogens with zero attached hydrogens (tertiary/aromatic N) is 1. The standard InChI is InChI=1S/C14H12Cl2N2O/c1-9(10-5-7-17-8-6-10)18-14(19)11-3-2-4-12(15)13(11)16/h2-9H,1H3,(H,18,19). The molecule has 1 unspecified atom stereocenters. The van der Waals surface area contributed by atoms with Crippen molar-refractivity contribution >= 4 is 29.1 Å². The fourth-order valence-corrected chi connectivity index (χ4v) is 2.08. The first-order valence-electron chi connectivity index (χ1n) is 5.74. The van der Waals surface area contributed by atoms with Gasteiger partial charge in [0.15, 0.2) is 0 Å². The predicted octanol–water partition coefficient (Wildman–Crippen LogP) is 3.88. The van der Waals surface area contributed by atoms with Crippen LogP contribution in [0.3, 0.4) is 0 Å². The van der Waals surface area contributed by atoms with Crippen LogP contribution in [0.25, 0.3) is 0 Å². The maximum absolute atomic E-state index is 12.1. The summed E-state index contributed by atoms with van der Waals surface area (Å²) < 4.78 is 0. The number of aromatic nitrogens is 1. The number of benzene rings is 1. The molecule has 0 bridgehead atoms. The third-order valence-corrected chi connectivity index (χ3v) is 3.57. The normalized spacial score (nSPS) is 11.9. The number of carbonyl (C=O) groups excluding carboxylic acids is 1. The maximum atomic E-state index is 12.1. The van der Waals surface area contributed by atoms with Gasteiger partial charge in [-0.25, -0.2) is 0 Å². The molecule has 0 aliphatic heterocycles. The number of carbonyl (C=O) groups is 1. The maximum Gasteiger partial charge on any atom is 0.253 e. The summed E-state index contributed by atoms with van der Waals surface area (Å²) >= 11 is 11.9. The molecule has 1 aromatic carbocycles. The third kappa shape index (κ3) is 3.25. The van der Waals surface area contributed by atoms with Crippen molar-refractivity contribution in [3.8, 4) is 0 Å². The van der Waals surface area contributed by atoms with Crippen molar-refractivity contribution in [3.63, 3.8) is 0 Å². The second-order valence-corrected chi connectivity index (χ2v) is 4.86. The Morgan fingerprint density at radius 3 is 2.58 bits per heavy atom. The molecule has 2 rings (SSSR count). The number of pyridine rings is 1. The molecule has 1 amide bonds. The highest BCUT2D eigenvalue weighted by molar-refractivity contribution is 6.43. The van der Waals surface area contributed by atoms with Crippen LogP contribution in [0.15, 0.2) is 42.7 Å². The van der Waals surface area contributed by atoms with Crippen molar-refractivity contribution in [2.45, 2.75) is 13.0 Å². The van der Waals surface area contributed by atoms with Gasteiger partial charge in [0, 0.05) is 12.4 Å². The number of rotatable bonds is 3. The molecule has 1 atom stereocenters. The van der Waals surface area contributed by atoms with Crippen molar-refractivity contribution in [1.29, 1.82) is 0 Å². The van der Waals surface area contributed by atoms with E-state index in [1.807, 2.05) is 19.1 Å². The fraction of sp³-hybridized carbons (Fsp3) is 0.143. The minimum atomic E-state index is -0.253. The van der Waals surface area contributed by atoms with Gasteiger partial charge in [0.1, 0.15) is 0 Å². The van der Waals surface area contributed by atoms with Crippen LogP contribution in [0.2, 0.25) is 10.0 Å². The van der Waals surface area contributed by atoms with Gasteiger partial charge in [-0.15, -0.1) is 0 Å². The lowest BCUT2D eigenvalue weighted by atomic mass is 10.1. The Morgan fingerprint density at radius 2 is 1.89 bits per heavy atom. The van der Waals surface area contributed by atoms with Crippen LogP contribution in [0.4, 0.5) is 0 Å². The summed E-state index contributed by atoms with van der Waals surface area (Å²) in [5.41, 5.74) is 1.34. The van der Waals surface area contributed by atoms with Crippen molar-refractivity contribution in [2.24, 2.45) is 0 Å². The molecular formula is C14H12Cl2N2O. The zero-order valence-corrected chi connectivity index (χ0v) is 11.7. The molecule has 3 nitrogen and oxygen atoms in total. The van der Waals surface area contributed by atoms with E-state index in [-0.39, 0.29) is 17.0 Å². The Kier molecular flexibility index (Phi) is 4.40. The molecule has 98 valence electrons. The van der Waals surface area contributed by atoms with E-state index in [4.69, 9.17) is 23.2 Å². The topological polar surface area (TPSA) is 42.0 Å². The number of hydrogen-bond acceptors (Lipinski definition) is 2. The fourth-order valence-electron chi connectivity index (χ4n) is 1.69. The second-order valence-electron chi connectivity index (χ2n) is 4.08. The summed E-state index contributed by atoms with van der Waals surface area (Å²) in [4.78, 5) is 16.1. The highest BCUT2D eigenvalue weighted by Crippen LogP contribution is 2.26. The lowest BCUT2D eigenvalue weighted by Gasteiger charge is -2.14. The van der Waals surface area contributed by atoms with E-state index < -0.39 is 0 Å². The largest absolute Gasteiger partial charge is 0.345 e. The first kappa shape index (κ1) is 13.8. The van der Waals surface area contributed by atoms with Gasteiger partial charge >= 0.3 is 0 Å². The average molecular weight is 295 g/mol. The Bertz CT molecular complexity index is 587. The van der Waals surface area contributed by atoms with Gasteiger partial charge in [-0.05, 0) is 36.8 Å². The molecule has 2 aromatic rings. The molecule has 0 saturated carbocycles. The van der Waals surface area contributed by atoms with Gasteiger partial charge in [-0.1, -0.05) is 29.3 Å². The SMILES string of the molecule is CC(NC(=O)c1cccc(Cl)c1Cl)c1ccncc1. The molecule has 19 heavy (non-hydrogen) atoms. The van der Waals surface area contributed by atoms with E-state index in [1.54, 1.807) is 30.6 Å². The van der Waals surface area contributed by atoms with Crippen LogP contribution in [0.1, 0.15) is 28.9 Å². The molecule has 0 fully saturated rings. The van der Waals surface area contributed by atoms with E-state index in [0.29, 0.717) is 10.6 Å². The van der Waals surface area contributed by atoms with Gasteiger partial charge in [0.25, 0.3) is 5.91 Å². The van der Waals surface area contributed by atoms with Crippen LogP contribution in [-0.4, -0.2) is 10.9 Å². The monoisotopic (exact) mass is 294 g/mol. The zero-order valence-electron chi connectivity index (χ0n) is 10.2. The predicted molar refractivity (Wildman–Crippen MR) is 76.6 cm³/mol. The molecule has 0 spiro atoms. The Morgan fingerprint density at radius 1 is 1.21 bits per heavy atom. The lowest BCUT2D eigenvalue weighted by Crippen LogP contribution is -2.26. The summed E-state index contributed by atoms with van der Waals surface area (Å²) in [5, 5.41) is 3.50. The van der Waals surface area contributed by atoms with E-state index in [1.165, 1.54) is 0 Å². The van der Waals surface area contributed by atoms with Crippen LogP contribution >= 0.6 is 23.2 Å². The molecule has 1 N–H and O–H groups in total. The average Bonchev–Trinajstić information content (AvgIpc) is 2.42. The van der Waals surface area contributed by atoms with Crippen LogP contribution in [0, 0.1) is 0 Å². The van der Waals surface area contributed by atoms with Crippen molar-refractivity contribution in [3.05, 3.63) is 63.9 Å². The van der Waals surface area contributed by atoms with Crippen LogP contribution in [-0.2, 0) is 0 Å². The molecular weight excluding hydrogens is 283 g/mol. The molecule has 0 aliphatic carbocycles. The summed E-state index contributed by atoms with van der Waals surface area (Å²) in [6.45, 7) is 1.89. The van der Waals surface area contributed by atoms with Crippen molar-refractivity contribution in [2.75, 3.05) is 0 Å². The van der Waals surface area contributed by atoms with Gasteiger partial charge < -0.3 is 5.32 Å². The summed E-state index contributed by atoms with van der Waals surface area (Å²) in [7, 11) is 0. The summed E-state index contributed by atoms with van der Waals surface area (Å²) in [5.74, 6) is -0.253. The second kappa shape index (κ2) is 6.04. The number of amides is 1. The smallest absolute Gasteiger partial charge is 0.253 e. The summed E-state index contributed by atoms with van der Waals surface area (Å²) in [6, 6.07) is 8.55. The lowest BCUT2D eigenvalue weighted by molar-refractivity contribution is 0.0940. The number of nitrogens with one attached hydrogen (secondary N) is 1. The molecule has 0 radical (unpaired) electrons. The van der Waals surface area contributed by atoms with Crippen molar-refractivity contribution < 1.29 is 4.79 Å². The summed E-state index contributed by atoms with van der Waals surface area (Å²) in [6.07, 6.45) is 3.37. The Balaban J connectivity index is 2.16. The number of hydrogen-bond donors (Lipinski definition) is 1. The Hall–Kier alpha value is -1.58. The molecule has 0 saturated heterocycles. The molecule has 1 heterocycles. The van der Waals surface area contributed by atoms with E-state index >= 15 is 0 Å². The van der Waals surface area contributed by atoms with Crippen LogP contribution in [0.5, 0.6) is 0 Å². The minimum absolute atomic E-state index is 0.134. The quantitative estimate of drug-likeness (QED) is 0.933. The molecule has 5 heteroatoms. The van der Waals surface area contributed by atoms with Crippen molar-refractivity contribution in [1.82, 2.24) is 10.3 Å². The van der Waals surface area contributed by atoms with E-state index in [0.717, 1.165) is 5.56 Å². The minimum Gasteiger partial charge on any atom is -0.345 e. The molecule has 0 aliphatic rings. The van der Waals surface area contributed by atoms with Gasteiger partial charge in [0.05, 0.1) is 21.7 Å². The highest BCUT2D eigenvalue weighted by atomic mass is 35.5. The van der Waals surface area contributed by atoms with E-state index in [2.05, 4.69) is 10.3 Å². The van der Waals surface area contributed by atoms with E-state index in [9.17, 15) is 4.79 Å². The first-order valence-corrected chi connectivity index (χ1v) is 6.50. The van der Waals surface area contributed by atoms with Gasteiger partial charge in [-0.2, -0.15) is 0 Å². The Labute approximate surface area is 121 Å². The van der Waals surface area contributed by atoms with Gasteiger partial charge in [0.2, 0.25) is 0 Å². The molecule has 1 aromatic heterocycles. The highest BCUT2D eigenvalue weighted by Gasteiger charge is 2.15. The third-order valence-electron chi connectivity index (χ3n) is 2.75. The number of halogens is 2. The van der Waals surface area contributed by atoms with Gasteiger partial charge in [-0.3, -0.25) is 9.78 Å².